The molecule has 0 bridgehead atoms. The van der Waals surface area contributed by atoms with E-state index >= 15 is 0 Å². The maximum absolute atomic E-state index is 13.2. The molecule has 0 aliphatic heterocycles. The van der Waals surface area contributed by atoms with Crippen LogP contribution in [0, 0.1) is 17.6 Å². The monoisotopic (exact) mass is 311 g/mol. The van der Waals surface area contributed by atoms with Gasteiger partial charge in [0.15, 0.2) is 18.2 Å². The van der Waals surface area contributed by atoms with Crippen LogP contribution < -0.4 is 10.6 Å². The third kappa shape index (κ3) is 4.50. The van der Waals surface area contributed by atoms with Gasteiger partial charge in [-0.05, 0) is 43.9 Å². The Morgan fingerprint density at radius 3 is 2.73 bits per heavy atom. The topological polar surface area (TPSA) is 45.7 Å². The fraction of sp³-hybridized carbons (Fsp3) is 0.588. The van der Waals surface area contributed by atoms with Crippen molar-refractivity contribution in [3.63, 3.8) is 0 Å². The quantitative estimate of drug-likeness (QED) is 0.861. The highest BCUT2D eigenvalue weighted by Gasteiger charge is 2.23. The molecule has 1 aliphatic carbocycles. The van der Waals surface area contributed by atoms with Crippen molar-refractivity contribution in [3.05, 3.63) is 35.4 Å². The number of carbonyl (C=O) groups is 1. The van der Waals surface area contributed by atoms with Gasteiger partial charge in [0.2, 0.25) is 0 Å². The average molecular weight is 311 g/mol. The Hall–Kier alpha value is -1.49. The minimum absolute atomic E-state index is 0.00758. The van der Waals surface area contributed by atoms with Crippen molar-refractivity contribution in [1.82, 2.24) is 5.32 Å². The van der Waals surface area contributed by atoms with Crippen LogP contribution >= 0.6 is 0 Å². The lowest BCUT2D eigenvalue weighted by atomic mass is 9.86. The Kier molecular flexibility index (Phi) is 5.89. The Morgan fingerprint density at radius 1 is 1.32 bits per heavy atom. The van der Waals surface area contributed by atoms with Crippen LogP contribution in [0.15, 0.2) is 18.2 Å². The van der Waals surface area contributed by atoms with Crippen LogP contribution in [0.3, 0.4) is 0 Å². The molecule has 0 spiro atoms. The molecule has 1 aliphatic rings. The zero-order valence-corrected chi connectivity index (χ0v) is 13.2. The highest BCUT2D eigenvalue weighted by molar-refractivity contribution is 5.77. The number of quaternary nitrogens is 1. The lowest BCUT2D eigenvalue weighted by Gasteiger charge is -2.29. The molecular weight excluding hydrogens is 286 g/mol. The van der Waals surface area contributed by atoms with Crippen molar-refractivity contribution in [2.45, 2.75) is 51.6 Å². The number of carbonyl (C=O) groups excluding carboxylic acids is 1. The maximum Gasteiger partial charge on any atom is 0.275 e. The number of rotatable bonds is 5. The summed E-state index contributed by atoms with van der Waals surface area (Å²) in [5.74, 6) is -1.16. The lowest BCUT2D eigenvalue weighted by molar-refractivity contribution is -0.682. The molecule has 0 saturated heterocycles. The molecule has 1 aromatic rings. The predicted molar refractivity (Wildman–Crippen MR) is 81.1 cm³/mol. The van der Waals surface area contributed by atoms with Crippen molar-refractivity contribution >= 4 is 5.91 Å². The van der Waals surface area contributed by atoms with E-state index in [1.165, 1.54) is 25.3 Å². The maximum atomic E-state index is 13.2. The molecule has 0 radical (unpaired) electrons. The molecular formula is C17H25F2N2O+. The molecule has 3 N–H and O–H groups in total. The molecule has 0 unspecified atom stereocenters. The number of hydrogen-bond donors (Lipinski definition) is 2. The number of nitrogens with two attached hydrogens (primary N) is 1. The molecule has 1 aromatic carbocycles. The summed E-state index contributed by atoms with van der Waals surface area (Å²) < 4.78 is 26.1. The van der Waals surface area contributed by atoms with Gasteiger partial charge in [0.1, 0.15) is 6.04 Å². The zero-order valence-electron chi connectivity index (χ0n) is 13.2. The highest BCUT2D eigenvalue weighted by Crippen LogP contribution is 2.23. The number of hydrogen-bond acceptors (Lipinski definition) is 1. The first-order chi connectivity index (χ1) is 10.5. The van der Waals surface area contributed by atoms with Gasteiger partial charge in [-0.1, -0.05) is 19.8 Å². The average Bonchev–Trinajstić information content (AvgIpc) is 2.50. The van der Waals surface area contributed by atoms with E-state index in [-0.39, 0.29) is 18.0 Å². The number of halogens is 2. The van der Waals surface area contributed by atoms with Crippen LogP contribution in [0.4, 0.5) is 8.78 Å². The standard InChI is InChI=1S/C17H24F2N2O/c1-11-5-3-4-6-16(11)21-17(22)10-20-12(2)13-7-8-14(18)15(19)9-13/h7-9,11-12,16,20H,3-6,10H2,1-2H3,(H,21,22)/p+1/t11-,12+,16-/m1/s1. The normalized spacial score (nSPS) is 23.1. The Labute approximate surface area is 130 Å². The Morgan fingerprint density at radius 2 is 2.05 bits per heavy atom. The van der Waals surface area contributed by atoms with Crippen LogP contribution in [-0.4, -0.2) is 18.5 Å². The van der Waals surface area contributed by atoms with Crippen LogP contribution in [-0.2, 0) is 4.79 Å². The third-order valence-corrected chi connectivity index (χ3v) is 4.58. The van der Waals surface area contributed by atoms with E-state index in [1.54, 1.807) is 6.07 Å². The number of amides is 1. The molecule has 5 heteroatoms. The van der Waals surface area contributed by atoms with Crippen LogP contribution in [0.1, 0.15) is 51.1 Å². The van der Waals surface area contributed by atoms with Crippen LogP contribution in [0.25, 0.3) is 0 Å². The van der Waals surface area contributed by atoms with E-state index in [0.29, 0.717) is 18.0 Å². The summed E-state index contributed by atoms with van der Waals surface area (Å²) in [7, 11) is 0. The number of nitrogens with one attached hydrogen (secondary N) is 1. The van der Waals surface area contributed by atoms with Crippen molar-refractivity contribution in [2.75, 3.05) is 6.54 Å². The first-order valence-corrected chi connectivity index (χ1v) is 8.05. The van der Waals surface area contributed by atoms with Crippen molar-refractivity contribution in [2.24, 2.45) is 5.92 Å². The minimum atomic E-state index is -0.849. The second-order valence-electron chi connectivity index (χ2n) is 6.34. The fourth-order valence-corrected chi connectivity index (χ4v) is 3.01. The fourth-order valence-electron chi connectivity index (χ4n) is 3.01. The molecule has 2 rings (SSSR count). The summed E-state index contributed by atoms with van der Waals surface area (Å²) in [6, 6.07) is 4.05. The van der Waals surface area contributed by atoms with Crippen LogP contribution in [0.2, 0.25) is 0 Å². The van der Waals surface area contributed by atoms with Gasteiger partial charge in [0.25, 0.3) is 5.91 Å². The molecule has 1 amide bonds. The lowest BCUT2D eigenvalue weighted by Crippen LogP contribution is -2.87. The number of benzene rings is 1. The van der Waals surface area contributed by atoms with Gasteiger partial charge in [0.05, 0.1) is 0 Å². The van der Waals surface area contributed by atoms with Gasteiger partial charge in [-0.25, -0.2) is 8.78 Å². The summed E-state index contributed by atoms with van der Waals surface area (Å²) in [4.78, 5) is 12.0. The van der Waals surface area contributed by atoms with E-state index in [4.69, 9.17) is 0 Å². The first-order valence-electron chi connectivity index (χ1n) is 8.05. The molecule has 1 saturated carbocycles. The van der Waals surface area contributed by atoms with Gasteiger partial charge in [0, 0.05) is 11.6 Å². The second kappa shape index (κ2) is 7.68. The molecule has 1 fully saturated rings. The Balaban J connectivity index is 1.81. The van der Waals surface area contributed by atoms with E-state index in [2.05, 4.69) is 12.2 Å². The highest BCUT2D eigenvalue weighted by atomic mass is 19.2. The van der Waals surface area contributed by atoms with Gasteiger partial charge in [-0.3, -0.25) is 4.79 Å². The molecule has 22 heavy (non-hydrogen) atoms. The van der Waals surface area contributed by atoms with E-state index < -0.39 is 11.6 Å². The van der Waals surface area contributed by atoms with Gasteiger partial charge < -0.3 is 10.6 Å². The summed E-state index contributed by atoms with van der Waals surface area (Å²) in [5, 5.41) is 4.93. The minimum Gasteiger partial charge on any atom is -0.348 e. The van der Waals surface area contributed by atoms with Gasteiger partial charge >= 0.3 is 0 Å². The first kappa shape index (κ1) is 16.9. The van der Waals surface area contributed by atoms with Crippen molar-refractivity contribution in [1.29, 1.82) is 0 Å². The molecule has 0 aromatic heterocycles. The van der Waals surface area contributed by atoms with E-state index in [0.717, 1.165) is 12.5 Å². The van der Waals surface area contributed by atoms with Crippen molar-refractivity contribution < 1.29 is 18.9 Å². The molecule has 0 heterocycles. The summed E-state index contributed by atoms with van der Waals surface area (Å²) >= 11 is 0. The molecule has 122 valence electrons. The zero-order chi connectivity index (χ0) is 16.1. The molecule has 3 atom stereocenters. The van der Waals surface area contributed by atoms with Crippen molar-refractivity contribution in [3.8, 4) is 0 Å². The predicted octanol–water partition coefficient (Wildman–Crippen LogP) is 2.28. The smallest absolute Gasteiger partial charge is 0.275 e. The van der Waals surface area contributed by atoms with Gasteiger partial charge in [-0.2, -0.15) is 0 Å². The third-order valence-electron chi connectivity index (χ3n) is 4.58. The SMILES string of the molecule is C[C@H]([NH2+]CC(=O)N[C@@H]1CCCC[C@H]1C)c1ccc(F)c(F)c1. The second-order valence-corrected chi connectivity index (χ2v) is 6.34. The summed E-state index contributed by atoms with van der Waals surface area (Å²) in [5.41, 5.74) is 0.678. The Bertz CT molecular complexity index is 521. The molecule has 3 nitrogen and oxygen atoms in total. The van der Waals surface area contributed by atoms with Crippen LogP contribution in [0.5, 0.6) is 0 Å². The summed E-state index contributed by atoms with van der Waals surface area (Å²) in [6.45, 7) is 4.35. The van der Waals surface area contributed by atoms with E-state index in [1.807, 2.05) is 12.2 Å². The largest absolute Gasteiger partial charge is 0.348 e. The van der Waals surface area contributed by atoms with Gasteiger partial charge in [-0.15, -0.1) is 0 Å². The van der Waals surface area contributed by atoms with E-state index in [9.17, 15) is 13.6 Å². The summed E-state index contributed by atoms with van der Waals surface area (Å²) in [6.07, 6.45) is 4.63.